The van der Waals surface area contributed by atoms with E-state index in [2.05, 4.69) is 27.1 Å². The number of likely N-dealkylation sites (N-methyl/N-ethyl adjacent to an activating group) is 1. The quantitative estimate of drug-likeness (QED) is 0.707. The van der Waals surface area contributed by atoms with Crippen LogP contribution in [0.5, 0.6) is 0 Å². The Balaban J connectivity index is 1.52. The number of nitrogens with zero attached hydrogens (tertiary/aromatic N) is 2. The molecule has 1 aliphatic heterocycles. The predicted octanol–water partition coefficient (Wildman–Crippen LogP) is 3.06. The zero-order valence-electron chi connectivity index (χ0n) is 15.3. The Hall–Kier alpha value is -2.28. The van der Waals surface area contributed by atoms with Crippen molar-refractivity contribution in [3.05, 3.63) is 47.5 Å². The third-order valence-electron chi connectivity index (χ3n) is 5.11. The minimum Gasteiger partial charge on any atom is -0.472 e. The van der Waals surface area contributed by atoms with Crippen molar-refractivity contribution in [3.63, 3.8) is 0 Å². The van der Waals surface area contributed by atoms with Crippen LogP contribution in [0.3, 0.4) is 0 Å². The van der Waals surface area contributed by atoms with Gasteiger partial charge in [0.1, 0.15) is 5.69 Å². The smallest absolute Gasteiger partial charge is 0.268 e. The van der Waals surface area contributed by atoms with Crippen LogP contribution in [0.15, 0.2) is 41.2 Å². The van der Waals surface area contributed by atoms with Crippen LogP contribution in [-0.2, 0) is 0 Å². The number of aromatic nitrogens is 1. The van der Waals surface area contributed by atoms with Crippen LogP contribution in [0.4, 0.5) is 0 Å². The lowest BCUT2D eigenvalue weighted by molar-refractivity contribution is 0.0937. The van der Waals surface area contributed by atoms with Gasteiger partial charge < -0.3 is 19.6 Å². The van der Waals surface area contributed by atoms with Gasteiger partial charge in [0.05, 0.1) is 12.5 Å². The monoisotopic (exact) mass is 386 g/mol. The Morgan fingerprint density at radius 2 is 2.07 bits per heavy atom. The number of carbonyl (C=O) groups excluding carboxylic acids is 1. The maximum atomic E-state index is 12.9. The zero-order valence-corrected chi connectivity index (χ0v) is 16.1. The standard InChI is InChI=1S/C20H23ClN4O2/c1-24-7-9-25(10-8-24)6-5-22-20(26)19-18(14-4-11-27-13-14)16-12-15(21)2-3-17(16)23-19/h2-4,11-13,23H,5-10H2,1H3,(H,22,26). The summed E-state index contributed by atoms with van der Waals surface area (Å²) in [5, 5.41) is 4.59. The van der Waals surface area contributed by atoms with Gasteiger partial charge in [-0.25, -0.2) is 0 Å². The van der Waals surface area contributed by atoms with Crippen LogP contribution in [-0.4, -0.2) is 67.0 Å². The summed E-state index contributed by atoms with van der Waals surface area (Å²) in [5.41, 5.74) is 3.08. The minimum atomic E-state index is -0.118. The number of amides is 1. The summed E-state index contributed by atoms with van der Waals surface area (Å²) in [7, 11) is 2.14. The second-order valence-electron chi connectivity index (χ2n) is 6.98. The number of furan rings is 1. The van der Waals surface area contributed by atoms with Crippen LogP contribution < -0.4 is 5.32 Å². The Morgan fingerprint density at radius 1 is 1.26 bits per heavy atom. The molecule has 0 unspecified atom stereocenters. The molecule has 1 aromatic carbocycles. The van der Waals surface area contributed by atoms with Gasteiger partial charge in [-0.05, 0) is 31.3 Å². The van der Waals surface area contributed by atoms with Crippen molar-refractivity contribution in [1.29, 1.82) is 0 Å². The lowest BCUT2D eigenvalue weighted by Crippen LogP contribution is -2.46. The van der Waals surface area contributed by atoms with E-state index < -0.39 is 0 Å². The van der Waals surface area contributed by atoms with Gasteiger partial charge in [-0.15, -0.1) is 0 Å². The van der Waals surface area contributed by atoms with Crippen molar-refractivity contribution in [2.45, 2.75) is 0 Å². The van der Waals surface area contributed by atoms with Crippen LogP contribution in [0.1, 0.15) is 10.5 Å². The van der Waals surface area contributed by atoms with Crippen LogP contribution in [0, 0.1) is 0 Å². The lowest BCUT2D eigenvalue weighted by Gasteiger charge is -2.32. The molecule has 2 aromatic heterocycles. The number of halogens is 1. The number of rotatable bonds is 5. The molecule has 0 bridgehead atoms. The molecule has 1 fully saturated rings. The summed E-state index contributed by atoms with van der Waals surface area (Å²) in [5.74, 6) is -0.118. The zero-order chi connectivity index (χ0) is 18.8. The summed E-state index contributed by atoms with van der Waals surface area (Å²) in [6, 6.07) is 7.43. The van der Waals surface area contributed by atoms with E-state index in [1.807, 2.05) is 24.3 Å². The largest absolute Gasteiger partial charge is 0.472 e. The fraction of sp³-hybridized carbons (Fsp3) is 0.350. The van der Waals surface area contributed by atoms with Gasteiger partial charge in [0, 0.05) is 66.3 Å². The number of carbonyl (C=O) groups is 1. The molecule has 27 heavy (non-hydrogen) atoms. The molecule has 0 spiro atoms. The highest BCUT2D eigenvalue weighted by Crippen LogP contribution is 2.34. The van der Waals surface area contributed by atoms with E-state index in [-0.39, 0.29) is 5.91 Å². The molecule has 3 aromatic rings. The van der Waals surface area contributed by atoms with Gasteiger partial charge in [-0.2, -0.15) is 0 Å². The first kappa shape index (κ1) is 18.1. The maximum absolute atomic E-state index is 12.9. The molecular formula is C20H23ClN4O2. The first-order valence-electron chi connectivity index (χ1n) is 9.15. The van der Waals surface area contributed by atoms with E-state index >= 15 is 0 Å². The number of piperazine rings is 1. The van der Waals surface area contributed by atoms with Gasteiger partial charge in [0.2, 0.25) is 0 Å². The molecule has 6 nitrogen and oxygen atoms in total. The molecule has 3 heterocycles. The highest BCUT2D eigenvalue weighted by atomic mass is 35.5. The van der Waals surface area contributed by atoms with Crippen LogP contribution in [0.2, 0.25) is 5.02 Å². The van der Waals surface area contributed by atoms with Gasteiger partial charge in [0.15, 0.2) is 0 Å². The van der Waals surface area contributed by atoms with E-state index in [1.54, 1.807) is 12.5 Å². The molecule has 2 N–H and O–H groups in total. The van der Waals surface area contributed by atoms with Crippen molar-refractivity contribution in [3.8, 4) is 11.1 Å². The molecule has 0 radical (unpaired) electrons. The van der Waals surface area contributed by atoms with Gasteiger partial charge in [0.25, 0.3) is 5.91 Å². The molecule has 7 heteroatoms. The fourth-order valence-corrected chi connectivity index (χ4v) is 3.70. The van der Waals surface area contributed by atoms with Gasteiger partial charge in [-0.3, -0.25) is 9.69 Å². The third kappa shape index (κ3) is 3.88. The molecule has 0 atom stereocenters. The maximum Gasteiger partial charge on any atom is 0.268 e. The Morgan fingerprint density at radius 3 is 2.81 bits per heavy atom. The molecule has 0 aliphatic carbocycles. The SMILES string of the molecule is CN1CCN(CCNC(=O)c2[nH]c3ccc(Cl)cc3c2-c2ccoc2)CC1. The second kappa shape index (κ2) is 7.76. The van der Waals surface area contributed by atoms with Crippen molar-refractivity contribution in [2.75, 3.05) is 46.3 Å². The van der Waals surface area contributed by atoms with E-state index in [9.17, 15) is 4.79 Å². The average Bonchev–Trinajstić information content (AvgIpc) is 3.30. The number of hydrogen-bond donors (Lipinski definition) is 2. The van der Waals surface area contributed by atoms with Crippen molar-refractivity contribution >= 4 is 28.4 Å². The van der Waals surface area contributed by atoms with E-state index in [0.717, 1.165) is 54.8 Å². The van der Waals surface area contributed by atoms with E-state index in [4.69, 9.17) is 16.0 Å². The Labute approximate surface area is 163 Å². The molecule has 0 saturated carbocycles. The summed E-state index contributed by atoms with van der Waals surface area (Å²) in [6.45, 7) is 5.69. The number of hydrogen-bond acceptors (Lipinski definition) is 4. The van der Waals surface area contributed by atoms with E-state index in [0.29, 0.717) is 17.3 Å². The highest BCUT2D eigenvalue weighted by Gasteiger charge is 2.20. The second-order valence-corrected chi connectivity index (χ2v) is 7.41. The summed E-state index contributed by atoms with van der Waals surface area (Å²) in [4.78, 5) is 20.8. The van der Waals surface area contributed by atoms with Gasteiger partial charge in [-0.1, -0.05) is 11.6 Å². The topological polar surface area (TPSA) is 64.5 Å². The molecule has 142 valence electrons. The summed E-state index contributed by atoms with van der Waals surface area (Å²) >= 11 is 6.17. The molecule has 1 saturated heterocycles. The summed E-state index contributed by atoms with van der Waals surface area (Å²) in [6.07, 6.45) is 3.25. The average molecular weight is 387 g/mol. The predicted molar refractivity (Wildman–Crippen MR) is 107 cm³/mol. The Bertz CT molecular complexity index is 927. The number of aromatic amines is 1. The van der Waals surface area contributed by atoms with E-state index in [1.165, 1.54) is 0 Å². The number of H-pyrrole nitrogens is 1. The number of benzene rings is 1. The van der Waals surface area contributed by atoms with Crippen LogP contribution >= 0.6 is 11.6 Å². The fourth-order valence-electron chi connectivity index (χ4n) is 3.53. The normalized spacial score (nSPS) is 16.1. The van der Waals surface area contributed by atoms with Crippen molar-refractivity contribution < 1.29 is 9.21 Å². The number of fused-ring (bicyclic) bond motifs is 1. The van der Waals surface area contributed by atoms with Crippen LogP contribution in [0.25, 0.3) is 22.0 Å². The van der Waals surface area contributed by atoms with Crippen molar-refractivity contribution in [1.82, 2.24) is 20.1 Å². The first-order valence-corrected chi connectivity index (χ1v) is 9.52. The molecule has 1 aliphatic rings. The highest BCUT2D eigenvalue weighted by molar-refractivity contribution is 6.31. The third-order valence-corrected chi connectivity index (χ3v) is 5.34. The van der Waals surface area contributed by atoms with Crippen molar-refractivity contribution in [2.24, 2.45) is 0 Å². The Kier molecular flexibility index (Phi) is 5.20. The minimum absolute atomic E-state index is 0.118. The molecule has 4 rings (SSSR count). The van der Waals surface area contributed by atoms with Gasteiger partial charge >= 0.3 is 0 Å². The molecular weight excluding hydrogens is 364 g/mol. The first-order chi connectivity index (χ1) is 13.1. The molecule has 1 amide bonds. The summed E-state index contributed by atoms with van der Waals surface area (Å²) < 4.78 is 5.23. The number of nitrogens with one attached hydrogen (secondary N) is 2. The lowest BCUT2D eigenvalue weighted by atomic mass is 10.0.